The van der Waals surface area contributed by atoms with Crippen LogP contribution in [-0.4, -0.2) is 15.7 Å². The van der Waals surface area contributed by atoms with Gasteiger partial charge < -0.3 is 5.32 Å². The number of nitrogens with one attached hydrogen (secondary N) is 1. The summed E-state index contributed by atoms with van der Waals surface area (Å²) < 4.78 is 28.9. The van der Waals surface area contributed by atoms with E-state index in [4.69, 9.17) is 0 Å². The second-order valence-electron chi connectivity index (χ2n) is 6.88. The number of aromatic nitrogens is 2. The second kappa shape index (κ2) is 7.38. The fourth-order valence-electron chi connectivity index (χ4n) is 3.34. The molecule has 1 aliphatic carbocycles. The van der Waals surface area contributed by atoms with E-state index in [1.165, 1.54) is 4.68 Å². The molecule has 0 unspecified atom stereocenters. The third kappa shape index (κ3) is 3.58. The molecule has 1 amide bonds. The third-order valence-corrected chi connectivity index (χ3v) is 4.87. The number of hydrogen-bond donors (Lipinski definition) is 1. The van der Waals surface area contributed by atoms with Crippen molar-refractivity contribution in [2.75, 3.05) is 5.32 Å². The van der Waals surface area contributed by atoms with E-state index in [0.717, 1.165) is 47.7 Å². The van der Waals surface area contributed by atoms with Crippen LogP contribution in [0, 0.1) is 18.6 Å². The van der Waals surface area contributed by atoms with Crippen molar-refractivity contribution in [2.45, 2.75) is 26.3 Å². The van der Waals surface area contributed by atoms with E-state index < -0.39 is 11.6 Å². The summed E-state index contributed by atoms with van der Waals surface area (Å²) >= 11 is 0. The Labute approximate surface area is 161 Å². The summed E-state index contributed by atoms with van der Waals surface area (Å²) in [5.74, 6) is -0.836. The number of carbonyl (C=O) groups excluding carboxylic acids is 1. The van der Waals surface area contributed by atoms with Crippen LogP contribution in [0.4, 0.5) is 14.6 Å². The highest BCUT2D eigenvalue weighted by molar-refractivity contribution is 6.04. The van der Waals surface area contributed by atoms with Gasteiger partial charge in [-0.25, -0.2) is 13.5 Å². The van der Waals surface area contributed by atoms with E-state index in [0.29, 0.717) is 11.4 Å². The predicted octanol–water partition coefficient (Wildman–Crippen LogP) is 4.73. The van der Waals surface area contributed by atoms with Crippen LogP contribution < -0.4 is 5.32 Å². The second-order valence-corrected chi connectivity index (χ2v) is 6.88. The fourth-order valence-corrected chi connectivity index (χ4v) is 3.34. The lowest BCUT2D eigenvalue weighted by molar-refractivity contribution is 0.102. The molecule has 1 N–H and O–H groups in total. The number of amides is 1. The van der Waals surface area contributed by atoms with Crippen molar-refractivity contribution in [3.63, 3.8) is 0 Å². The normalized spacial score (nSPS) is 12.7. The average Bonchev–Trinajstić information content (AvgIpc) is 3.04. The lowest BCUT2D eigenvalue weighted by Gasteiger charge is -2.14. The highest BCUT2D eigenvalue weighted by Crippen LogP contribution is 2.22. The molecule has 0 aliphatic heterocycles. The van der Waals surface area contributed by atoms with Gasteiger partial charge in [-0.05, 0) is 61.2 Å². The molecule has 0 fully saturated rings. The van der Waals surface area contributed by atoms with Gasteiger partial charge in [-0.3, -0.25) is 4.79 Å². The molecule has 2 aromatic carbocycles. The summed E-state index contributed by atoms with van der Waals surface area (Å²) in [6, 6.07) is 8.91. The van der Waals surface area contributed by atoms with Crippen LogP contribution in [0.15, 0.2) is 48.7 Å². The lowest BCUT2D eigenvalue weighted by Crippen LogP contribution is -2.17. The number of hydrogen-bond acceptors (Lipinski definition) is 2. The molecule has 142 valence electrons. The minimum Gasteiger partial charge on any atom is -0.307 e. The molecule has 4 nitrogen and oxygen atoms in total. The highest BCUT2D eigenvalue weighted by atomic mass is 19.1. The Morgan fingerprint density at radius 2 is 2.07 bits per heavy atom. The van der Waals surface area contributed by atoms with Crippen molar-refractivity contribution in [2.24, 2.45) is 0 Å². The summed E-state index contributed by atoms with van der Waals surface area (Å²) in [7, 11) is 0. The molecule has 0 saturated heterocycles. The van der Waals surface area contributed by atoms with Crippen molar-refractivity contribution in [1.29, 1.82) is 0 Å². The molecule has 1 heterocycles. The number of benzene rings is 2. The van der Waals surface area contributed by atoms with Gasteiger partial charge in [0.1, 0.15) is 17.5 Å². The van der Waals surface area contributed by atoms with E-state index in [2.05, 4.69) is 22.6 Å². The van der Waals surface area contributed by atoms with Crippen molar-refractivity contribution in [3.05, 3.63) is 88.1 Å². The van der Waals surface area contributed by atoms with Crippen LogP contribution in [0.25, 0.3) is 6.08 Å². The molecule has 0 spiro atoms. The topological polar surface area (TPSA) is 46.9 Å². The summed E-state index contributed by atoms with van der Waals surface area (Å²) in [6.45, 7) is 1.82. The summed E-state index contributed by atoms with van der Waals surface area (Å²) in [5.41, 5.74) is 3.73. The standard InChI is InChI=1S/C22H19F2N3O/c1-14-12-25-27(13-18-11-19(23)8-9-20(18)24)21(14)26-22(28)17-7-6-15-4-2-3-5-16(15)10-17/h2,4,6-12H,3,5,13H2,1H3,(H,26,28). The minimum atomic E-state index is -0.519. The molecule has 28 heavy (non-hydrogen) atoms. The molecule has 6 heteroatoms. The first-order chi connectivity index (χ1) is 13.5. The van der Waals surface area contributed by atoms with Crippen LogP contribution in [-0.2, 0) is 13.0 Å². The Hall–Kier alpha value is -3.28. The highest BCUT2D eigenvalue weighted by Gasteiger charge is 2.16. The van der Waals surface area contributed by atoms with E-state index in [1.54, 1.807) is 19.2 Å². The number of nitrogens with zero attached hydrogens (tertiary/aromatic N) is 2. The maximum Gasteiger partial charge on any atom is 0.256 e. The Morgan fingerprint density at radius 1 is 1.21 bits per heavy atom. The lowest BCUT2D eigenvalue weighted by atomic mass is 9.95. The van der Waals surface area contributed by atoms with Gasteiger partial charge in [0.15, 0.2) is 0 Å². The maximum absolute atomic E-state index is 14.0. The van der Waals surface area contributed by atoms with Crippen LogP contribution in [0.3, 0.4) is 0 Å². The molecule has 1 aliphatic rings. The van der Waals surface area contributed by atoms with E-state index in [-0.39, 0.29) is 18.0 Å². The monoisotopic (exact) mass is 379 g/mol. The van der Waals surface area contributed by atoms with Crippen molar-refractivity contribution in [1.82, 2.24) is 9.78 Å². The van der Waals surface area contributed by atoms with Crippen molar-refractivity contribution < 1.29 is 13.6 Å². The van der Waals surface area contributed by atoms with Gasteiger partial charge in [-0.15, -0.1) is 0 Å². The molecule has 0 atom stereocenters. The number of rotatable bonds is 4. The van der Waals surface area contributed by atoms with Crippen molar-refractivity contribution >= 4 is 17.8 Å². The quantitative estimate of drug-likeness (QED) is 0.712. The Bertz CT molecular complexity index is 1090. The zero-order valence-corrected chi connectivity index (χ0v) is 15.4. The zero-order chi connectivity index (χ0) is 19.7. The first-order valence-electron chi connectivity index (χ1n) is 9.08. The summed E-state index contributed by atoms with van der Waals surface area (Å²) in [6.07, 6.45) is 7.64. The van der Waals surface area contributed by atoms with E-state index in [1.807, 2.05) is 12.1 Å². The van der Waals surface area contributed by atoms with Gasteiger partial charge in [-0.1, -0.05) is 18.2 Å². The first-order valence-corrected chi connectivity index (χ1v) is 9.08. The van der Waals surface area contributed by atoms with Gasteiger partial charge >= 0.3 is 0 Å². The molecule has 0 bridgehead atoms. The molecule has 3 aromatic rings. The number of anilines is 1. The van der Waals surface area contributed by atoms with Crippen LogP contribution in [0.5, 0.6) is 0 Å². The van der Waals surface area contributed by atoms with Crippen molar-refractivity contribution in [3.8, 4) is 0 Å². The number of halogens is 2. The Kier molecular flexibility index (Phi) is 4.77. The first kappa shape index (κ1) is 18.1. The van der Waals surface area contributed by atoms with Gasteiger partial charge in [0.05, 0.1) is 12.7 Å². The predicted molar refractivity (Wildman–Crippen MR) is 104 cm³/mol. The van der Waals surface area contributed by atoms with Crippen LogP contribution in [0.2, 0.25) is 0 Å². The maximum atomic E-state index is 14.0. The van der Waals surface area contributed by atoms with Crippen LogP contribution in [0.1, 0.15) is 39.0 Å². The average molecular weight is 379 g/mol. The summed E-state index contributed by atoms with van der Waals surface area (Å²) in [4.78, 5) is 12.8. The minimum absolute atomic E-state index is 0.0159. The Balaban J connectivity index is 1.58. The van der Waals surface area contributed by atoms with Gasteiger partial charge in [-0.2, -0.15) is 5.10 Å². The number of aryl methyl sites for hydroxylation is 2. The number of fused-ring (bicyclic) bond motifs is 1. The Morgan fingerprint density at radius 3 is 2.93 bits per heavy atom. The van der Waals surface area contributed by atoms with E-state index in [9.17, 15) is 13.6 Å². The molecule has 0 saturated carbocycles. The molecule has 1 aromatic heterocycles. The summed E-state index contributed by atoms with van der Waals surface area (Å²) in [5, 5.41) is 7.07. The molecule has 4 rings (SSSR count). The molecular weight excluding hydrogens is 360 g/mol. The number of allylic oxidation sites excluding steroid dienone is 1. The van der Waals surface area contributed by atoms with Gasteiger partial charge in [0.25, 0.3) is 5.91 Å². The van der Waals surface area contributed by atoms with Crippen LogP contribution >= 0.6 is 0 Å². The van der Waals surface area contributed by atoms with Gasteiger partial charge in [0, 0.05) is 16.7 Å². The zero-order valence-electron chi connectivity index (χ0n) is 15.4. The van der Waals surface area contributed by atoms with Gasteiger partial charge in [0.2, 0.25) is 0 Å². The third-order valence-electron chi connectivity index (χ3n) is 4.87. The molecule has 0 radical (unpaired) electrons. The van der Waals surface area contributed by atoms with E-state index >= 15 is 0 Å². The molecular formula is C22H19F2N3O. The smallest absolute Gasteiger partial charge is 0.256 e. The SMILES string of the molecule is Cc1cnn(Cc2cc(F)ccc2F)c1NC(=O)c1ccc2c(c1)CCC=C2. The number of carbonyl (C=O) groups is 1. The largest absolute Gasteiger partial charge is 0.307 e. The fraction of sp³-hybridized carbons (Fsp3) is 0.182.